The Hall–Kier alpha value is -1.80. The lowest BCUT2D eigenvalue weighted by Gasteiger charge is -2.30. The van der Waals surface area contributed by atoms with E-state index in [4.69, 9.17) is 4.74 Å². The van der Waals surface area contributed by atoms with Gasteiger partial charge in [-0.15, -0.1) is 0 Å². The van der Waals surface area contributed by atoms with Gasteiger partial charge in [-0.1, -0.05) is 36.4 Å². The van der Waals surface area contributed by atoms with Crippen molar-refractivity contribution in [1.82, 2.24) is 4.90 Å². The molecule has 4 rings (SSSR count). The number of hydrogen-bond acceptors (Lipinski definition) is 2. The zero-order chi connectivity index (χ0) is 14.9. The van der Waals surface area contributed by atoms with Gasteiger partial charge in [-0.3, -0.25) is 4.90 Å². The lowest BCUT2D eigenvalue weighted by molar-refractivity contribution is 0.0941. The summed E-state index contributed by atoms with van der Waals surface area (Å²) >= 11 is 0. The predicted molar refractivity (Wildman–Crippen MR) is 89.3 cm³/mol. The van der Waals surface area contributed by atoms with Crippen molar-refractivity contribution in [3.63, 3.8) is 0 Å². The van der Waals surface area contributed by atoms with E-state index in [9.17, 15) is 0 Å². The van der Waals surface area contributed by atoms with Crippen LogP contribution in [-0.4, -0.2) is 24.0 Å². The minimum atomic E-state index is 0.163. The monoisotopic (exact) mass is 293 g/mol. The molecule has 2 heteroatoms. The summed E-state index contributed by atoms with van der Waals surface area (Å²) in [4.78, 5) is 2.63. The van der Waals surface area contributed by atoms with Crippen LogP contribution >= 0.6 is 0 Å². The largest absolute Gasteiger partial charge is 0.484 e. The molecule has 0 spiro atoms. The normalized spacial score (nSPS) is 24.4. The van der Waals surface area contributed by atoms with Crippen LogP contribution in [0, 0.1) is 6.92 Å². The molecule has 2 aromatic carbocycles. The van der Waals surface area contributed by atoms with E-state index < -0.39 is 0 Å². The molecule has 2 atom stereocenters. The van der Waals surface area contributed by atoms with Gasteiger partial charge in [0.1, 0.15) is 11.9 Å². The van der Waals surface area contributed by atoms with Crippen molar-refractivity contribution in [2.45, 2.75) is 38.3 Å². The Morgan fingerprint density at radius 3 is 2.64 bits per heavy atom. The first kappa shape index (κ1) is 13.8. The maximum atomic E-state index is 6.47. The second-order valence-electron chi connectivity index (χ2n) is 6.57. The van der Waals surface area contributed by atoms with Crippen molar-refractivity contribution < 1.29 is 4.74 Å². The van der Waals surface area contributed by atoms with Crippen molar-refractivity contribution >= 4 is 0 Å². The van der Waals surface area contributed by atoms with Gasteiger partial charge >= 0.3 is 0 Å². The maximum Gasteiger partial charge on any atom is 0.140 e. The molecule has 1 fully saturated rings. The number of hydrogen-bond donors (Lipinski definition) is 0. The molecule has 1 aliphatic carbocycles. The highest BCUT2D eigenvalue weighted by Crippen LogP contribution is 2.39. The van der Waals surface area contributed by atoms with Crippen LogP contribution in [0.2, 0.25) is 0 Å². The molecule has 2 aliphatic rings. The quantitative estimate of drug-likeness (QED) is 0.843. The first-order valence-corrected chi connectivity index (χ1v) is 8.36. The maximum absolute atomic E-state index is 6.47. The summed E-state index contributed by atoms with van der Waals surface area (Å²) in [6.07, 6.45) is 3.93. The molecule has 0 bridgehead atoms. The molecule has 1 unspecified atom stereocenters. The molecule has 1 aliphatic heterocycles. The number of benzene rings is 2. The van der Waals surface area contributed by atoms with Crippen LogP contribution < -0.4 is 4.74 Å². The van der Waals surface area contributed by atoms with E-state index >= 15 is 0 Å². The Morgan fingerprint density at radius 2 is 1.82 bits per heavy atom. The summed E-state index contributed by atoms with van der Waals surface area (Å²) in [6.45, 7) is 4.55. The lowest BCUT2D eigenvalue weighted by atomic mass is 10.1. The average Bonchev–Trinajstić information content (AvgIpc) is 3.15. The second kappa shape index (κ2) is 5.77. The molecular formula is C20H23NO. The Labute approximate surface area is 132 Å². The van der Waals surface area contributed by atoms with Gasteiger partial charge in [0.2, 0.25) is 0 Å². The highest BCUT2D eigenvalue weighted by molar-refractivity contribution is 5.38. The zero-order valence-electron chi connectivity index (χ0n) is 13.2. The molecule has 0 saturated carbocycles. The van der Waals surface area contributed by atoms with Gasteiger partial charge in [-0.05, 0) is 68.1 Å². The molecule has 0 N–H and O–H groups in total. The van der Waals surface area contributed by atoms with Gasteiger partial charge in [0.15, 0.2) is 0 Å². The smallest absolute Gasteiger partial charge is 0.140 e. The van der Waals surface area contributed by atoms with Crippen LogP contribution in [0.4, 0.5) is 0 Å². The van der Waals surface area contributed by atoms with E-state index in [1.54, 1.807) is 0 Å². The van der Waals surface area contributed by atoms with Crippen LogP contribution in [0.15, 0.2) is 48.5 Å². The summed E-state index contributed by atoms with van der Waals surface area (Å²) in [6, 6.07) is 17.7. The second-order valence-corrected chi connectivity index (χ2v) is 6.57. The Morgan fingerprint density at radius 1 is 1.00 bits per heavy atom. The van der Waals surface area contributed by atoms with Crippen LogP contribution in [0.3, 0.4) is 0 Å². The Bertz CT molecular complexity index is 660. The molecule has 1 saturated heterocycles. The van der Waals surface area contributed by atoms with E-state index in [-0.39, 0.29) is 6.10 Å². The first-order valence-electron chi connectivity index (χ1n) is 8.36. The standard InChI is InChI=1S/C20H23NO/c1-15-7-6-9-17(13-15)22-20-18-10-3-2-8-16(18)14-19(20)21-11-4-5-12-21/h2-3,6-10,13,19-20H,4-5,11-12,14H2,1H3/t19?,20-/m0/s1. The number of rotatable bonds is 3. The number of aryl methyl sites for hydroxylation is 1. The van der Waals surface area contributed by atoms with E-state index in [0.717, 1.165) is 12.2 Å². The van der Waals surface area contributed by atoms with E-state index in [1.165, 1.54) is 42.6 Å². The van der Waals surface area contributed by atoms with Gasteiger partial charge in [-0.25, -0.2) is 0 Å². The summed E-state index contributed by atoms with van der Waals surface area (Å²) in [5, 5.41) is 0. The summed E-state index contributed by atoms with van der Waals surface area (Å²) < 4.78 is 6.47. The van der Waals surface area contributed by atoms with Gasteiger partial charge in [-0.2, -0.15) is 0 Å². The highest BCUT2D eigenvalue weighted by Gasteiger charge is 2.38. The summed E-state index contributed by atoms with van der Waals surface area (Å²) in [5.41, 5.74) is 4.08. The summed E-state index contributed by atoms with van der Waals surface area (Å²) in [7, 11) is 0. The molecular weight excluding hydrogens is 270 g/mol. The van der Waals surface area contributed by atoms with E-state index in [0.29, 0.717) is 6.04 Å². The molecule has 114 valence electrons. The van der Waals surface area contributed by atoms with Crippen molar-refractivity contribution in [3.05, 3.63) is 65.2 Å². The Kier molecular flexibility index (Phi) is 3.63. The predicted octanol–water partition coefficient (Wildman–Crippen LogP) is 4.14. The fourth-order valence-electron chi connectivity index (χ4n) is 3.91. The fourth-order valence-corrected chi connectivity index (χ4v) is 3.91. The molecule has 0 radical (unpaired) electrons. The van der Waals surface area contributed by atoms with Crippen molar-refractivity contribution in [1.29, 1.82) is 0 Å². The first-order chi connectivity index (χ1) is 10.8. The lowest BCUT2D eigenvalue weighted by Crippen LogP contribution is -2.38. The van der Waals surface area contributed by atoms with Crippen LogP contribution in [0.5, 0.6) is 5.75 Å². The third-order valence-corrected chi connectivity index (χ3v) is 5.00. The highest BCUT2D eigenvalue weighted by atomic mass is 16.5. The van der Waals surface area contributed by atoms with Gasteiger partial charge in [0.05, 0.1) is 6.04 Å². The molecule has 0 aromatic heterocycles. The van der Waals surface area contributed by atoms with E-state index in [1.807, 2.05) is 0 Å². The Balaban J connectivity index is 1.65. The number of likely N-dealkylation sites (tertiary alicyclic amines) is 1. The molecule has 0 amide bonds. The third kappa shape index (κ3) is 2.52. The average molecular weight is 293 g/mol. The number of nitrogens with zero attached hydrogens (tertiary/aromatic N) is 1. The van der Waals surface area contributed by atoms with Crippen LogP contribution in [-0.2, 0) is 6.42 Å². The minimum Gasteiger partial charge on any atom is -0.484 e. The van der Waals surface area contributed by atoms with Gasteiger partial charge in [0, 0.05) is 0 Å². The summed E-state index contributed by atoms with van der Waals surface area (Å²) in [5.74, 6) is 0.992. The number of ether oxygens (including phenoxy) is 1. The van der Waals surface area contributed by atoms with E-state index in [2.05, 4.69) is 60.4 Å². The van der Waals surface area contributed by atoms with Crippen molar-refractivity contribution in [3.8, 4) is 5.75 Å². The number of fused-ring (bicyclic) bond motifs is 1. The topological polar surface area (TPSA) is 12.5 Å². The molecule has 2 aromatic rings. The zero-order valence-corrected chi connectivity index (χ0v) is 13.2. The third-order valence-electron chi connectivity index (χ3n) is 5.00. The van der Waals surface area contributed by atoms with Gasteiger partial charge in [0.25, 0.3) is 0 Å². The van der Waals surface area contributed by atoms with Crippen LogP contribution in [0.25, 0.3) is 0 Å². The van der Waals surface area contributed by atoms with Crippen LogP contribution in [0.1, 0.15) is 35.6 Å². The minimum absolute atomic E-state index is 0.163. The van der Waals surface area contributed by atoms with Gasteiger partial charge < -0.3 is 4.74 Å². The molecule has 1 heterocycles. The molecule has 22 heavy (non-hydrogen) atoms. The molecule has 2 nitrogen and oxygen atoms in total. The fraction of sp³-hybridized carbons (Fsp3) is 0.400. The van der Waals surface area contributed by atoms with Crippen molar-refractivity contribution in [2.75, 3.05) is 13.1 Å². The SMILES string of the molecule is Cc1cccc(O[C@H]2c3ccccc3CC2N2CCCC2)c1. The van der Waals surface area contributed by atoms with Crippen molar-refractivity contribution in [2.24, 2.45) is 0 Å².